The first-order chi connectivity index (χ1) is 5.34. The van der Waals surface area contributed by atoms with E-state index < -0.39 is 0 Å². The Morgan fingerprint density at radius 1 is 1.64 bits per heavy atom. The maximum atomic E-state index is 10.9. The third kappa shape index (κ3) is 2.48. The molecule has 0 aromatic rings. The molecule has 64 valence electrons. The van der Waals surface area contributed by atoms with Crippen LogP contribution in [-0.4, -0.2) is 38.9 Å². The van der Waals surface area contributed by atoms with E-state index in [1.165, 1.54) is 7.11 Å². The predicted molar refractivity (Wildman–Crippen MR) is 39.2 cm³/mol. The zero-order chi connectivity index (χ0) is 8.10. The Hall–Kier alpha value is -0.610. The van der Waals surface area contributed by atoms with Crippen LogP contribution in [0.15, 0.2) is 0 Å². The van der Waals surface area contributed by atoms with Gasteiger partial charge in [0.1, 0.15) is 0 Å². The lowest BCUT2D eigenvalue weighted by Crippen LogP contribution is -2.25. The summed E-state index contributed by atoms with van der Waals surface area (Å²) in [5.74, 6) is -0.270. The minimum absolute atomic E-state index is 0.270. The summed E-state index contributed by atoms with van der Waals surface area (Å²) in [5, 5.41) is 3.12. The molecule has 0 amide bonds. The van der Waals surface area contributed by atoms with Crippen molar-refractivity contribution in [1.82, 2.24) is 5.32 Å². The highest BCUT2D eigenvalue weighted by Crippen LogP contribution is 2.02. The number of methoxy groups -OCH3 is 1. The maximum absolute atomic E-state index is 10.9. The van der Waals surface area contributed by atoms with E-state index in [0.29, 0.717) is 13.0 Å². The Balaban J connectivity index is 2.36. The zero-order valence-corrected chi connectivity index (χ0v) is 6.63. The summed E-state index contributed by atoms with van der Waals surface area (Å²) in [6.07, 6.45) is 0.335. The molecule has 1 fully saturated rings. The van der Waals surface area contributed by atoms with Crippen molar-refractivity contribution in [2.24, 2.45) is 0 Å². The van der Waals surface area contributed by atoms with Crippen molar-refractivity contribution < 1.29 is 14.3 Å². The third-order valence-electron chi connectivity index (χ3n) is 1.65. The molecule has 0 bridgehead atoms. The largest absolute Gasteiger partial charge is 0.467 e. The molecule has 1 aliphatic heterocycles. The third-order valence-corrected chi connectivity index (χ3v) is 1.65. The van der Waals surface area contributed by atoms with Gasteiger partial charge in [0.05, 0.1) is 13.7 Å². The molecule has 0 aromatic heterocycles. The maximum Gasteiger partial charge on any atom is 0.335 e. The molecule has 0 radical (unpaired) electrons. The minimum atomic E-state index is -0.366. The van der Waals surface area contributed by atoms with Crippen molar-refractivity contribution in [2.45, 2.75) is 12.5 Å². The van der Waals surface area contributed by atoms with Gasteiger partial charge >= 0.3 is 5.97 Å². The van der Waals surface area contributed by atoms with Crippen molar-refractivity contribution in [3.8, 4) is 0 Å². The SMILES string of the molecule is COC(=O)C1CCNCCO1. The summed E-state index contributed by atoms with van der Waals surface area (Å²) in [7, 11) is 1.38. The topological polar surface area (TPSA) is 47.6 Å². The summed E-state index contributed by atoms with van der Waals surface area (Å²) in [4.78, 5) is 10.9. The smallest absolute Gasteiger partial charge is 0.335 e. The average molecular weight is 159 g/mol. The first-order valence-electron chi connectivity index (χ1n) is 3.74. The number of esters is 1. The fraction of sp³-hybridized carbons (Fsp3) is 0.857. The number of carbonyl (C=O) groups excluding carboxylic acids is 1. The van der Waals surface area contributed by atoms with E-state index in [9.17, 15) is 4.79 Å². The second-order valence-corrected chi connectivity index (χ2v) is 2.42. The molecule has 1 saturated heterocycles. The highest BCUT2D eigenvalue weighted by molar-refractivity contribution is 5.74. The van der Waals surface area contributed by atoms with Gasteiger partial charge in [-0.05, 0) is 13.0 Å². The van der Waals surface area contributed by atoms with Crippen molar-refractivity contribution >= 4 is 5.97 Å². The fourth-order valence-electron chi connectivity index (χ4n) is 1.03. The van der Waals surface area contributed by atoms with E-state index in [0.717, 1.165) is 13.1 Å². The highest BCUT2D eigenvalue weighted by atomic mass is 16.6. The van der Waals surface area contributed by atoms with Gasteiger partial charge in [-0.25, -0.2) is 4.79 Å². The van der Waals surface area contributed by atoms with E-state index in [2.05, 4.69) is 10.1 Å². The van der Waals surface area contributed by atoms with Crippen molar-refractivity contribution in [3.63, 3.8) is 0 Å². The number of hydrogen-bond donors (Lipinski definition) is 1. The van der Waals surface area contributed by atoms with E-state index in [-0.39, 0.29) is 12.1 Å². The van der Waals surface area contributed by atoms with Gasteiger partial charge in [0.15, 0.2) is 6.10 Å². The van der Waals surface area contributed by atoms with Crippen LogP contribution in [0.25, 0.3) is 0 Å². The van der Waals surface area contributed by atoms with Gasteiger partial charge in [-0.3, -0.25) is 0 Å². The molecule has 1 heterocycles. The normalized spacial score (nSPS) is 25.7. The Bertz CT molecular complexity index is 130. The monoisotopic (exact) mass is 159 g/mol. The number of nitrogens with one attached hydrogen (secondary N) is 1. The Kier molecular flexibility index (Phi) is 3.32. The van der Waals surface area contributed by atoms with Gasteiger partial charge in [-0.1, -0.05) is 0 Å². The molecular weight excluding hydrogens is 146 g/mol. The van der Waals surface area contributed by atoms with Gasteiger partial charge in [0.2, 0.25) is 0 Å². The van der Waals surface area contributed by atoms with Crippen LogP contribution in [0.1, 0.15) is 6.42 Å². The fourth-order valence-corrected chi connectivity index (χ4v) is 1.03. The quantitative estimate of drug-likeness (QED) is 0.526. The van der Waals surface area contributed by atoms with E-state index in [1.807, 2.05) is 0 Å². The summed E-state index contributed by atoms with van der Waals surface area (Å²) in [5.41, 5.74) is 0. The van der Waals surface area contributed by atoms with Crippen LogP contribution in [0.4, 0.5) is 0 Å². The molecule has 1 rings (SSSR count). The molecule has 4 nitrogen and oxygen atoms in total. The molecular formula is C7H13NO3. The summed E-state index contributed by atoms with van der Waals surface area (Å²) in [6.45, 7) is 2.22. The lowest BCUT2D eigenvalue weighted by Gasteiger charge is -2.10. The van der Waals surface area contributed by atoms with E-state index >= 15 is 0 Å². The van der Waals surface area contributed by atoms with E-state index in [4.69, 9.17) is 4.74 Å². The van der Waals surface area contributed by atoms with E-state index in [1.54, 1.807) is 0 Å². The van der Waals surface area contributed by atoms with Crippen LogP contribution in [0.2, 0.25) is 0 Å². The summed E-state index contributed by atoms with van der Waals surface area (Å²) in [6, 6.07) is 0. The second-order valence-electron chi connectivity index (χ2n) is 2.42. The van der Waals surface area contributed by atoms with Crippen molar-refractivity contribution in [3.05, 3.63) is 0 Å². The highest BCUT2D eigenvalue weighted by Gasteiger charge is 2.20. The number of carbonyl (C=O) groups is 1. The lowest BCUT2D eigenvalue weighted by atomic mass is 10.2. The van der Waals surface area contributed by atoms with Gasteiger partial charge in [0, 0.05) is 6.54 Å². The first-order valence-corrected chi connectivity index (χ1v) is 3.74. The molecule has 11 heavy (non-hydrogen) atoms. The van der Waals surface area contributed by atoms with Crippen molar-refractivity contribution in [1.29, 1.82) is 0 Å². The van der Waals surface area contributed by atoms with Crippen LogP contribution in [0.3, 0.4) is 0 Å². The van der Waals surface area contributed by atoms with Crippen LogP contribution in [-0.2, 0) is 14.3 Å². The standard InChI is InChI=1S/C7H13NO3/c1-10-7(9)6-2-3-8-4-5-11-6/h6,8H,2-5H2,1H3. The average Bonchev–Trinajstić information content (AvgIpc) is 2.30. The van der Waals surface area contributed by atoms with Crippen LogP contribution >= 0.6 is 0 Å². The summed E-state index contributed by atoms with van der Waals surface area (Å²) < 4.78 is 9.77. The molecule has 1 aliphatic rings. The first kappa shape index (κ1) is 8.49. The Morgan fingerprint density at radius 3 is 3.18 bits per heavy atom. The van der Waals surface area contributed by atoms with Crippen LogP contribution < -0.4 is 5.32 Å². The zero-order valence-electron chi connectivity index (χ0n) is 6.63. The molecule has 0 aromatic carbocycles. The van der Waals surface area contributed by atoms with Gasteiger partial charge in [0.25, 0.3) is 0 Å². The van der Waals surface area contributed by atoms with Gasteiger partial charge in [-0.2, -0.15) is 0 Å². The molecule has 0 aliphatic carbocycles. The molecule has 4 heteroatoms. The Morgan fingerprint density at radius 2 is 2.45 bits per heavy atom. The number of hydrogen-bond acceptors (Lipinski definition) is 4. The summed E-state index contributed by atoms with van der Waals surface area (Å²) >= 11 is 0. The number of ether oxygens (including phenoxy) is 2. The molecule has 0 spiro atoms. The lowest BCUT2D eigenvalue weighted by molar-refractivity contribution is -0.153. The molecule has 1 atom stereocenters. The molecule has 1 unspecified atom stereocenters. The van der Waals surface area contributed by atoms with Crippen molar-refractivity contribution in [2.75, 3.05) is 26.8 Å². The van der Waals surface area contributed by atoms with Gasteiger partial charge in [-0.15, -0.1) is 0 Å². The second kappa shape index (κ2) is 4.31. The molecule has 1 N–H and O–H groups in total. The predicted octanol–water partition coefficient (Wildman–Crippen LogP) is -0.462. The minimum Gasteiger partial charge on any atom is -0.467 e. The van der Waals surface area contributed by atoms with Crippen LogP contribution in [0.5, 0.6) is 0 Å². The van der Waals surface area contributed by atoms with Gasteiger partial charge < -0.3 is 14.8 Å². The van der Waals surface area contributed by atoms with Crippen LogP contribution in [0, 0.1) is 0 Å². The Labute approximate surface area is 65.9 Å². The number of rotatable bonds is 1. The molecule has 0 saturated carbocycles.